The normalized spacial score (nSPS) is 29.5. The first-order valence-electron chi connectivity index (χ1n) is 17.6. The highest BCUT2D eigenvalue weighted by Gasteiger charge is 2.46. The number of carbonyl (C=O) groups is 1. The molecule has 258 valence electrons. The van der Waals surface area contributed by atoms with Crippen LogP contribution in [0.2, 0.25) is 0 Å². The average molecular weight is 655 g/mol. The second-order valence-corrected chi connectivity index (χ2v) is 15.0. The Hall–Kier alpha value is -1.30. The van der Waals surface area contributed by atoms with E-state index in [2.05, 4.69) is 18.2 Å². The van der Waals surface area contributed by atoms with Crippen LogP contribution in [-0.2, 0) is 42.8 Å². The highest BCUT2D eigenvalue weighted by molar-refractivity contribution is 7.85. The van der Waals surface area contributed by atoms with Crippen molar-refractivity contribution in [3.8, 4) is 0 Å². The standard InChI is InChI=1S/C35H58O9S/c1-27(36)39-19-12-8-15-28(26-43-45(2,37)38)29-23-30-25-33(44-35-18-10-14-22-42-35)31(32(30)24-29)16-7-5-3-4-6-11-20-40-34-17-9-13-21-41-34/h7,16,23,28,30-35H,3-6,8-15,17-22,24-26H2,1-2H3/t28?,30?,31-,32?,33-,34?,35?/m1/s1. The molecule has 10 heteroatoms. The zero-order chi connectivity index (χ0) is 31.9. The van der Waals surface area contributed by atoms with Gasteiger partial charge in [0.15, 0.2) is 12.6 Å². The van der Waals surface area contributed by atoms with Crippen LogP contribution in [0.5, 0.6) is 0 Å². The average Bonchev–Trinajstić information content (AvgIpc) is 3.56. The number of hydrogen-bond acceptors (Lipinski definition) is 9. The molecule has 5 unspecified atom stereocenters. The van der Waals surface area contributed by atoms with E-state index in [9.17, 15) is 13.2 Å². The summed E-state index contributed by atoms with van der Waals surface area (Å²) in [4.78, 5) is 11.1. The number of fused-ring (bicyclic) bond motifs is 1. The molecular formula is C35H58O9S. The van der Waals surface area contributed by atoms with Gasteiger partial charge in [-0.25, -0.2) is 0 Å². The van der Waals surface area contributed by atoms with Gasteiger partial charge < -0.3 is 23.7 Å². The van der Waals surface area contributed by atoms with Gasteiger partial charge in [0.1, 0.15) is 0 Å². The maximum Gasteiger partial charge on any atom is 0.302 e. The van der Waals surface area contributed by atoms with Gasteiger partial charge in [0.2, 0.25) is 0 Å². The zero-order valence-corrected chi connectivity index (χ0v) is 28.5. The quantitative estimate of drug-likeness (QED) is 0.0603. The Morgan fingerprint density at radius 1 is 0.978 bits per heavy atom. The van der Waals surface area contributed by atoms with Gasteiger partial charge in [-0.3, -0.25) is 8.98 Å². The summed E-state index contributed by atoms with van der Waals surface area (Å²) < 4.78 is 58.2. The van der Waals surface area contributed by atoms with Gasteiger partial charge in [-0.05, 0) is 102 Å². The van der Waals surface area contributed by atoms with Crippen molar-refractivity contribution in [1.29, 1.82) is 0 Å². The van der Waals surface area contributed by atoms with E-state index in [0.29, 0.717) is 24.4 Å². The lowest BCUT2D eigenvalue weighted by atomic mass is 9.86. The van der Waals surface area contributed by atoms with Crippen LogP contribution in [-0.4, -0.2) is 72.4 Å². The number of hydrogen-bond donors (Lipinski definition) is 0. The summed E-state index contributed by atoms with van der Waals surface area (Å²) in [7, 11) is -3.53. The summed E-state index contributed by atoms with van der Waals surface area (Å²) in [5.41, 5.74) is 1.30. The fourth-order valence-electron chi connectivity index (χ4n) is 7.30. The number of ether oxygens (including phenoxy) is 5. The van der Waals surface area contributed by atoms with Gasteiger partial charge in [-0.1, -0.05) is 36.6 Å². The molecular weight excluding hydrogens is 596 g/mol. The number of unbranched alkanes of at least 4 members (excludes halogenated alkanes) is 5. The molecule has 0 radical (unpaired) electrons. The highest BCUT2D eigenvalue weighted by Crippen LogP contribution is 2.51. The molecule has 0 spiro atoms. The lowest BCUT2D eigenvalue weighted by Gasteiger charge is -2.29. The second-order valence-electron chi connectivity index (χ2n) is 13.4. The van der Waals surface area contributed by atoms with Crippen molar-refractivity contribution in [3.05, 3.63) is 23.8 Å². The number of rotatable bonds is 20. The minimum absolute atomic E-state index is 0.00604. The molecule has 9 nitrogen and oxygen atoms in total. The first-order valence-corrected chi connectivity index (χ1v) is 19.5. The van der Waals surface area contributed by atoms with Crippen LogP contribution in [0.3, 0.4) is 0 Å². The molecule has 0 aromatic carbocycles. The van der Waals surface area contributed by atoms with Gasteiger partial charge in [0, 0.05) is 38.6 Å². The van der Waals surface area contributed by atoms with Crippen molar-refractivity contribution in [3.63, 3.8) is 0 Å². The van der Waals surface area contributed by atoms with Crippen molar-refractivity contribution in [2.24, 2.45) is 23.7 Å². The SMILES string of the molecule is CC(=O)OCCCCC(COS(C)(=O)=O)C1=CC2C[C@@H](OC3CCCCO3)[C@H](C=CCCCCCCOC3CCCCO3)C2C1. The molecule has 0 N–H and O–H groups in total. The molecule has 3 fully saturated rings. The first kappa shape index (κ1) is 36.5. The van der Waals surface area contributed by atoms with Crippen LogP contribution in [0.15, 0.2) is 23.8 Å². The van der Waals surface area contributed by atoms with Crippen molar-refractivity contribution in [2.75, 3.05) is 39.3 Å². The zero-order valence-electron chi connectivity index (χ0n) is 27.7. The van der Waals surface area contributed by atoms with E-state index in [1.165, 1.54) is 31.8 Å². The molecule has 0 aromatic rings. The van der Waals surface area contributed by atoms with Gasteiger partial charge in [-0.2, -0.15) is 8.42 Å². The molecule has 2 aliphatic carbocycles. The minimum Gasteiger partial charge on any atom is -0.466 e. The van der Waals surface area contributed by atoms with E-state index >= 15 is 0 Å². The lowest BCUT2D eigenvalue weighted by Crippen LogP contribution is -2.31. The molecule has 0 aromatic heterocycles. The molecule has 4 rings (SSSR count). The fraction of sp³-hybridized carbons (Fsp3) is 0.857. The largest absolute Gasteiger partial charge is 0.466 e. The van der Waals surface area contributed by atoms with Gasteiger partial charge in [0.05, 0.1) is 25.6 Å². The van der Waals surface area contributed by atoms with Crippen LogP contribution < -0.4 is 0 Å². The van der Waals surface area contributed by atoms with Crippen LogP contribution in [0.4, 0.5) is 0 Å². The molecule has 7 atom stereocenters. The third-order valence-electron chi connectivity index (χ3n) is 9.67. The van der Waals surface area contributed by atoms with Gasteiger partial charge in [0.25, 0.3) is 10.1 Å². The van der Waals surface area contributed by atoms with E-state index in [1.807, 2.05) is 0 Å². The van der Waals surface area contributed by atoms with Crippen LogP contribution in [0.25, 0.3) is 0 Å². The monoisotopic (exact) mass is 654 g/mol. The van der Waals surface area contributed by atoms with E-state index in [-0.39, 0.29) is 37.2 Å². The summed E-state index contributed by atoms with van der Waals surface area (Å²) in [6.07, 6.45) is 24.8. The van der Waals surface area contributed by atoms with E-state index in [4.69, 9.17) is 27.9 Å². The molecule has 2 saturated heterocycles. The Morgan fingerprint density at radius 3 is 2.42 bits per heavy atom. The maximum absolute atomic E-state index is 11.8. The Kier molecular flexibility index (Phi) is 15.8. The Balaban J connectivity index is 1.28. The third kappa shape index (κ3) is 13.4. The first-order chi connectivity index (χ1) is 21.8. The van der Waals surface area contributed by atoms with E-state index in [0.717, 1.165) is 110 Å². The Morgan fingerprint density at radius 2 is 1.71 bits per heavy atom. The predicted molar refractivity (Wildman–Crippen MR) is 173 cm³/mol. The van der Waals surface area contributed by atoms with Crippen LogP contribution >= 0.6 is 0 Å². The summed E-state index contributed by atoms with van der Waals surface area (Å²) in [5.74, 6) is 0.896. The number of carbonyl (C=O) groups excluding carboxylic acids is 1. The molecule has 2 aliphatic heterocycles. The van der Waals surface area contributed by atoms with Gasteiger partial charge in [-0.15, -0.1) is 0 Å². The smallest absolute Gasteiger partial charge is 0.302 e. The number of allylic oxidation sites excluding steroid dienone is 2. The fourth-order valence-corrected chi connectivity index (χ4v) is 7.71. The third-order valence-corrected chi connectivity index (χ3v) is 10.2. The van der Waals surface area contributed by atoms with Crippen molar-refractivity contribution < 1.29 is 41.1 Å². The van der Waals surface area contributed by atoms with Crippen molar-refractivity contribution in [1.82, 2.24) is 0 Å². The molecule has 0 bridgehead atoms. The summed E-state index contributed by atoms with van der Waals surface area (Å²) >= 11 is 0. The van der Waals surface area contributed by atoms with Crippen LogP contribution in [0, 0.1) is 23.7 Å². The summed E-state index contributed by atoms with van der Waals surface area (Å²) in [5, 5.41) is 0. The summed E-state index contributed by atoms with van der Waals surface area (Å²) in [6, 6.07) is 0. The number of esters is 1. The maximum atomic E-state index is 11.8. The van der Waals surface area contributed by atoms with Gasteiger partial charge >= 0.3 is 5.97 Å². The predicted octanol–water partition coefficient (Wildman–Crippen LogP) is 6.86. The van der Waals surface area contributed by atoms with E-state index in [1.54, 1.807) is 0 Å². The Labute approximate surface area is 271 Å². The van der Waals surface area contributed by atoms with Crippen molar-refractivity contribution >= 4 is 16.1 Å². The summed E-state index contributed by atoms with van der Waals surface area (Å²) in [6.45, 7) is 4.34. The molecule has 1 saturated carbocycles. The minimum atomic E-state index is -3.53. The second kappa shape index (κ2) is 19.5. The van der Waals surface area contributed by atoms with Crippen LogP contribution in [0.1, 0.15) is 110 Å². The molecule has 4 aliphatic rings. The topological polar surface area (TPSA) is 107 Å². The Bertz CT molecular complexity index is 1030. The van der Waals surface area contributed by atoms with Crippen molar-refractivity contribution in [2.45, 2.75) is 128 Å². The molecule has 45 heavy (non-hydrogen) atoms. The molecule has 2 heterocycles. The molecule has 0 amide bonds. The highest BCUT2D eigenvalue weighted by atomic mass is 32.2. The van der Waals surface area contributed by atoms with E-state index < -0.39 is 10.1 Å². The lowest BCUT2D eigenvalue weighted by molar-refractivity contribution is -0.192.